The van der Waals surface area contributed by atoms with E-state index in [0.717, 1.165) is 43.7 Å². The fourth-order valence-electron chi connectivity index (χ4n) is 3.59. The Labute approximate surface area is 190 Å². The second-order valence-electron chi connectivity index (χ2n) is 8.06. The van der Waals surface area contributed by atoms with Gasteiger partial charge < -0.3 is 15.4 Å². The van der Waals surface area contributed by atoms with Crippen LogP contribution in [0.25, 0.3) is 0 Å². The van der Waals surface area contributed by atoms with Crippen molar-refractivity contribution in [1.82, 2.24) is 20.4 Å². The van der Waals surface area contributed by atoms with Crippen LogP contribution in [0.15, 0.2) is 60.7 Å². The van der Waals surface area contributed by atoms with Gasteiger partial charge in [-0.3, -0.25) is 19.4 Å². The van der Waals surface area contributed by atoms with E-state index in [1.165, 1.54) is 0 Å². The van der Waals surface area contributed by atoms with Gasteiger partial charge in [-0.25, -0.2) is 0 Å². The zero-order valence-corrected chi connectivity index (χ0v) is 18.7. The van der Waals surface area contributed by atoms with Gasteiger partial charge in [0.05, 0.1) is 19.7 Å². The molecule has 0 bridgehead atoms. The van der Waals surface area contributed by atoms with Gasteiger partial charge in [0.1, 0.15) is 0 Å². The van der Waals surface area contributed by atoms with Gasteiger partial charge in [0.15, 0.2) is 0 Å². The lowest BCUT2D eigenvalue weighted by atomic mass is 10.2. The average Bonchev–Trinajstić information content (AvgIpc) is 2.82. The Morgan fingerprint density at radius 2 is 1.28 bits per heavy atom. The molecule has 7 heteroatoms. The topological polar surface area (TPSA) is 73.9 Å². The number of ether oxygens (including phenoxy) is 1. The van der Waals surface area contributed by atoms with Crippen LogP contribution < -0.4 is 10.6 Å². The van der Waals surface area contributed by atoms with Crippen molar-refractivity contribution in [3.8, 4) is 0 Å². The van der Waals surface area contributed by atoms with E-state index < -0.39 is 0 Å². The van der Waals surface area contributed by atoms with Crippen molar-refractivity contribution in [2.24, 2.45) is 0 Å². The lowest BCUT2D eigenvalue weighted by molar-refractivity contribution is -0.125. The summed E-state index contributed by atoms with van der Waals surface area (Å²) in [5, 5.41) is 5.93. The molecule has 1 aliphatic heterocycles. The Hall–Kier alpha value is -2.74. The molecule has 2 aromatic rings. The molecule has 32 heavy (non-hydrogen) atoms. The van der Waals surface area contributed by atoms with E-state index in [-0.39, 0.29) is 11.8 Å². The highest BCUT2D eigenvalue weighted by molar-refractivity contribution is 5.78. The average molecular weight is 439 g/mol. The molecule has 0 saturated carbocycles. The number of rotatable bonds is 12. The minimum Gasteiger partial charge on any atom is -0.377 e. The van der Waals surface area contributed by atoms with Crippen LogP contribution in [-0.2, 0) is 27.5 Å². The van der Waals surface area contributed by atoms with Crippen molar-refractivity contribution >= 4 is 11.8 Å². The third-order valence-electron chi connectivity index (χ3n) is 5.43. The Morgan fingerprint density at radius 3 is 1.88 bits per heavy atom. The number of hydrogen-bond acceptors (Lipinski definition) is 5. The first kappa shape index (κ1) is 23.9. The molecule has 0 aliphatic carbocycles. The molecule has 0 unspecified atom stereocenters. The third-order valence-corrected chi connectivity index (χ3v) is 5.43. The number of hydrogen-bond donors (Lipinski definition) is 2. The van der Waals surface area contributed by atoms with Crippen molar-refractivity contribution in [2.45, 2.75) is 19.6 Å². The van der Waals surface area contributed by atoms with Crippen LogP contribution in [0.2, 0.25) is 0 Å². The van der Waals surface area contributed by atoms with Gasteiger partial charge in [-0.1, -0.05) is 60.7 Å². The number of amides is 2. The zero-order valence-electron chi connectivity index (χ0n) is 18.7. The molecule has 172 valence electrons. The molecular weight excluding hydrogens is 404 g/mol. The maximum atomic E-state index is 12.2. The molecule has 0 aromatic heterocycles. The normalized spacial score (nSPS) is 14.8. The third kappa shape index (κ3) is 9.18. The highest BCUT2D eigenvalue weighted by atomic mass is 16.5. The molecular formula is C25H34N4O3. The van der Waals surface area contributed by atoms with Crippen LogP contribution in [0, 0.1) is 0 Å². The number of nitrogens with zero attached hydrogens (tertiary/aromatic N) is 2. The highest BCUT2D eigenvalue weighted by Crippen LogP contribution is 2.03. The van der Waals surface area contributed by atoms with E-state index in [2.05, 4.69) is 20.4 Å². The minimum absolute atomic E-state index is 0.0366. The van der Waals surface area contributed by atoms with E-state index >= 15 is 0 Å². The fraction of sp³-hybridized carbons (Fsp3) is 0.440. The second-order valence-corrected chi connectivity index (χ2v) is 8.06. The van der Waals surface area contributed by atoms with Crippen LogP contribution in [0.4, 0.5) is 0 Å². The standard InChI is InChI=1S/C25H34N4O3/c30-24(26-12-7-17-32-21-23-10-5-2-6-11-23)19-28-13-15-29(16-14-28)20-25(31)27-18-22-8-3-1-4-9-22/h1-6,8-11H,7,12-21H2,(H,26,30)(H,27,31). The van der Waals surface area contributed by atoms with E-state index in [1.54, 1.807) is 0 Å². The van der Waals surface area contributed by atoms with Crippen molar-refractivity contribution in [1.29, 1.82) is 0 Å². The van der Waals surface area contributed by atoms with Gasteiger partial charge in [0.25, 0.3) is 0 Å². The number of benzene rings is 2. The minimum atomic E-state index is 0.0366. The summed E-state index contributed by atoms with van der Waals surface area (Å²) < 4.78 is 5.64. The van der Waals surface area contributed by atoms with Crippen LogP contribution in [0.3, 0.4) is 0 Å². The number of piperazine rings is 1. The van der Waals surface area contributed by atoms with Gasteiger partial charge >= 0.3 is 0 Å². The van der Waals surface area contributed by atoms with E-state index in [9.17, 15) is 9.59 Å². The summed E-state index contributed by atoms with van der Waals surface area (Å²) >= 11 is 0. The maximum absolute atomic E-state index is 12.2. The first-order valence-corrected chi connectivity index (χ1v) is 11.3. The van der Waals surface area contributed by atoms with E-state index in [1.807, 2.05) is 60.7 Å². The van der Waals surface area contributed by atoms with Gasteiger partial charge in [-0.05, 0) is 17.5 Å². The monoisotopic (exact) mass is 438 g/mol. The summed E-state index contributed by atoms with van der Waals surface area (Å²) in [6.45, 7) is 6.36. The molecule has 2 amide bonds. The number of carbonyl (C=O) groups excluding carboxylic acids is 2. The van der Waals surface area contributed by atoms with Gasteiger partial charge in [0.2, 0.25) is 11.8 Å². The van der Waals surface area contributed by atoms with Gasteiger partial charge in [-0.15, -0.1) is 0 Å². The molecule has 1 saturated heterocycles. The Bertz CT molecular complexity index is 808. The van der Waals surface area contributed by atoms with Crippen molar-refractivity contribution < 1.29 is 14.3 Å². The number of nitrogens with one attached hydrogen (secondary N) is 2. The zero-order chi connectivity index (χ0) is 22.4. The van der Waals surface area contributed by atoms with Crippen LogP contribution >= 0.6 is 0 Å². The predicted molar refractivity (Wildman–Crippen MR) is 125 cm³/mol. The first-order chi connectivity index (χ1) is 15.7. The molecule has 0 spiro atoms. The quantitative estimate of drug-likeness (QED) is 0.493. The summed E-state index contributed by atoms with van der Waals surface area (Å²) in [7, 11) is 0. The Kier molecular flexibility index (Phi) is 10.2. The summed E-state index contributed by atoms with van der Waals surface area (Å²) in [6.07, 6.45) is 0.796. The van der Waals surface area contributed by atoms with Crippen LogP contribution in [0.5, 0.6) is 0 Å². The molecule has 0 atom stereocenters. The maximum Gasteiger partial charge on any atom is 0.234 e. The SMILES string of the molecule is O=C(CN1CCN(CC(=O)NCc2ccccc2)CC1)NCCCOCc1ccccc1. The lowest BCUT2D eigenvalue weighted by Gasteiger charge is -2.33. The molecule has 0 radical (unpaired) electrons. The Morgan fingerprint density at radius 1 is 0.750 bits per heavy atom. The predicted octanol–water partition coefficient (Wildman–Crippen LogP) is 1.64. The van der Waals surface area contributed by atoms with E-state index in [4.69, 9.17) is 4.74 Å². The molecule has 2 aromatic carbocycles. The molecule has 1 heterocycles. The smallest absolute Gasteiger partial charge is 0.234 e. The first-order valence-electron chi connectivity index (χ1n) is 11.3. The molecule has 7 nitrogen and oxygen atoms in total. The van der Waals surface area contributed by atoms with Crippen LogP contribution in [-0.4, -0.2) is 74.0 Å². The summed E-state index contributed by atoms with van der Waals surface area (Å²) in [5.41, 5.74) is 2.25. The lowest BCUT2D eigenvalue weighted by Crippen LogP contribution is -2.51. The molecule has 3 rings (SSSR count). The highest BCUT2D eigenvalue weighted by Gasteiger charge is 2.20. The molecule has 2 N–H and O–H groups in total. The largest absolute Gasteiger partial charge is 0.377 e. The molecule has 1 aliphatic rings. The fourth-order valence-corrected chi connectivity index (χ4v) is 3.59. The van der Waals surface area contributed by atoms with E-state index in [0.29, 0.717) is 39.4 Å². The Balaban J connectivity index is 1.20. The second kappa shape index (κ2) is 13.6. The van der Waals surface area contributed by atoms with Gasteiger partial charge in [0, 0.05) is 45.9 Å². The number of carbonyl (C=O) groups is 2. The summed E-state index contributed by atoms with van der Waals surface area (Å²) in [5.74, 6) is 0.0802. The molecule has 1 fully saturated rings. The summed E-state index contributed by atoms with van der Waals surface area (Å²) in [6, 6.07) is 20.0. The summed E-state index contributed by atoms with van der Waals surface area (Å²) in [4.78, 5) is 28.6. The van der Waals surface area contributed by atoms with Crippen molar-refractivity contribution in [2.75, 3.05) is 52.4 Å². The van der Waals surface area contributed by atoms with Crippen LogP contribution in [0.1, 0.15) is 17.5 Å². The van der Waals surface area contributed by atoms with Gasteiger partial charge in [-0.2, -0.15) is 0 Å². The van der Waals surface area contributed by atoms with Crippen molar-refractivity contribution in [3.63, 3.8) is 0 Å². The van der Waals surface area contributed by atoms with Crippen molar-refractivity contribution in [3.05, 3.63) is 71.8 Å².